The van der Waals surface area contributed by atoms with E-state index >= 15 is 0 Å². The van der Waals surface area contributed by atoms with Gasteiger partial charge in [0.25, 0.3) is 5.91 Å². The van der Waals surface area contributed by atoms with E-state index in [0.717, 1.165) is 10.9 Å². The van der Waals surface area contributed by atoms with E-state index < -0.39 is 5.91 Å². The molecule has 0 fully saturated rings. The number of nitrogens with one attached hydrogen (secondary N) is 3. The molecule has 0 atom stereocenters. The molecule has 2 rings (SSSR count). The van der Waals surface area contributed by atoms with Gasteiger partial charge in [0.05, 0.1) is 0 Å². The summed E-state index contributed by atoms with van der Waals surface area (Å²) in [5, 5.41) is 3.40. The number of aromatic amines is 1. The first kappa shape index (κ1) is 12.1. The van der Waals surface area contributed by atoms with Gasteiger partial charge in [-0.3, -0.25) is 14.4 Å². The second-order valence-corrected chi connectivity index (χ2v) is 3.67. The zero-order valence-electron chi connectivity index (χ0n) is 9.82. The van der Waals surface area contributed by atoms with E-state index in [0.29, 0.717) is 5.56 Å². The second kappa shape index (κ2) is 5.33. The van der Waals surface area contributed by atoms with Crippen LogP contribution < -0.4 is 10.8 Å². The molecule has 0 saturated carbocycles. The summed E-state index contributed by atoms with van der Waals surface area (Å²) < 4.78 is 0. The van der Waals surface area contributed by atoms with Gasteiger partial charge in [-0.05, 0) is 23.6 Å². The largest absolute Gasteiger partial charge is 0.361 e. The van der Waals surface area contributed by atoms with Gasteiger partial charge in [0, 0.05) is 24.3 Å². The van der Waals surface area contributed by atoms with Crippen LogP contribution in [0.4, 0.5) is 0 Å². The van der Waals surface area contributed by atoms with Crippen LogP contribution in [-0.4, -0.2) is 30.5 Å². The molecule has 0 bridgehead atoms. The third-order valence-electron chi connectivity index (χ3n) is 2.46. The van der Waals surface area contributed by atoms with Gasteiger partial charge in [0.2, 0.25) is 5.91 Å². The van der Waals surface area contributed by atoms with E-state index in [9.17, 15) is 9.59 Å². The number of aromatic nitrogens is 1. The average Bonchev–Trinajstić information content (AvgIpc) is 2.85. The van der Waals surface area contributed by atoms with E-state index in [2.05, 4.69) is 15.8 Å². The predicted octanol–water partition coefficient (Wildman–Crippen LogP) is 0.575. The van der Waals surface area contributed by atoms with Crippen molar-refractivity contribution >= 4 is 22.7 Å². The fraction of sp³-hybridized carbons (Fsp3) is 0.167. The van der Waals surface area contributed by atoms with Crippen LogP contribution in [0.15, 0.2) is 30.5 Å². The highest BCUT2D eigenvalue weighted by atomic mass is 16.7. The third-order valence-corrected chi connectivity index (χ3v) is 2.46. The molecule has 94 valence electrons. The molecular formula is C12H13N3O3. The topological polar surface area (TPSA) is 83.2 Å². The van der Waals surface area contributed by atoms with Gasteiger partial charge in [0.15, 0.2) is 6.61 Å². The molecule has 0 spiro atoms. The lowest BCUT2D eigenvalue weighted by atomic mass is 10.1. The van der Waals surface area contributed by atoms with E-state index in [-0.39, 0.29) is 12.5 Å². The highest BCUT2D eigenvalue weighted by Crippen LogP contribution is 2.13. The molecule has 18 heavy (non-hydrogen) atoms. The van der Waals surface area contributed by atoms with Gasteiger partial charge >= 0.3 is 0 Å². The van der Waals surface area contributed by atoms with Crippen molar-refractivity contribution in [2.24, 2.45) is 0 Å². The van der Waals surface area contributed by atoms with Crippen LogP contribution >= 0.6 is 0 Å². The van der Waals surface area contributed by atoms with Crippen LogP contribution in [-0.2, 0) is 9.63 Å². The molecule has 2 aromatic rings. The number of rotatable bonds is 4. The highest BCUT2D eigenvalue weighted by molar-refractivity contribution is 5.97. The Morgan fingerprint density at radius 1 is 1.33 bits per heavy atom. The average molecular weight is 247 g/mol. The predicted molar refractivity (Wildman–Crippen MR) is 65.8 cm³/mol. The molecule has 0 unspecified atom stereocenters. The van der Waals surface area contributed by atoms with E-state index in [1.54, 1.807) is 18.3 Å². The molecule has 6 nitrogen and oxygen atoms in total. The van der Waals surface area contributed by atoms with Crippen molar-refractivity contribution in [3.8, 4) is 0 Å². The number of H-pyrrole nitrogens is 1. The number of hydroxylamine groups is 1. The van der Waals surface area contributed by atoms with Crippen molar-refractivity contribution in [2.45, 2.75) is 0 Å². The van der Waals surface area contributed by atoms with Gasteiger partial charge in [-0.2, -0.15) is 0 Å². The standard InChI is InChI=1S/C12H13N3O3/c1-13-11(16)7-18-15-12(17)9-3-2-8-4-5-14-10(8)6-9/h2-6,14H,7H2,1H3,(H,13,16)(H,15,17). The lowest BCUT2D eigenvalue weighted by molar-refractivity contribution is -0.126. The SMILES string of the molecule is CNC(=O)CONC(=O)c1ccc2cc[nH]c2c1. The summed E-state index contributed by atoms with van der Waals surface area (Å²) in [4.78, 5) is 30.4. The summed E-state index contributed by atoms with van der Waals surface area (Å²) >= 11 is 0. The molecule has 6 heteroatoms. The zero-order chi connectivity index (χ0) is 13.0. The Balaban J connectivity index is 1.97. The first-order valence-corrected chi connectivity index (χ1v) is 5.40. The molecule has 1 heterocycles. The monoisotopic (exact) mass is 247 g/mol. The molecule has 1 aromatic carbocycles. The van der Waals surface area contributed by atoms with Crippen molar-refractivity contribution in [1.82, 2.24) is 15.8 Å². The molecular weight excluding hydrogens is 234 g/mol. The highest BCUT2D eigenvalue weighted by Gasteiger charge is 2.07. The van der Waals surface area contributed by atoms with Gasteiger partial charge < -0.3 is 10.3 Å². The van der Waals surface area contributed by atoms with Crippen molar-refractivity contribution in [1.29, 1.82) is 0 Å². The smallest absolute Gasteiger partial charge is 0.274 e. The maximum atomic E-state index is 11.7. The number of likely N-dealkylation sites (N-methyl/N-ethyl adjacent to an activating group) is 1. The Kier molecular flexibility index (Phi) is 3.59. The quantitative estimate of drug-likeness (QED) is 0.691. The fourth-order valence-electron chi connectivity index (χ4n) is 1.49. The lowest BCUT2D eigenvalue weighted by Gasteiger charge is -2.05. The Morgan fingerprint density at radius 3 is 2.94 bits per heavy atom. The Bertz CT molecular complexity index is 577. The summed E-state index contributed by atoms with van der Waals surface area (Å²) in [5.41, 5.74) is 3.54. The van der Waals surface area contributed by atoms with Crippen LogP contribution in [0.3, 0.4) is 0 Å². The minimum atomic E-state index is -0.393. The van der Waals surface area contributed by atoms with Crippen LogP contribution in [0.5, 0.6) is 0 Å². The summed E-state index contributed by atoms with van der Waals surface area (Å²) in [7, 11) is 1.49. The van der Waals surface area contributed by atoms with Crippen LogP contribution in [0, 0.1) is 0 Å². The second-order valence-electron chi connectivity index (χ2n) is 3.67. The molecule has 0 aliphatic rings. The minimum Gasteiger partial charge on any atom is -0.361 e. The number of hydrogen-bond donors (Lipinski definition) is 3. The van der Waals surface area contributed by atoms with Crippen LogP contribution in [0.2, 0.25) is 0 Å². The zero-order valence-corrected chi connectivity index (χ0v) is 9.82. The Morgan fingerprint density at radius 2 is 2.17 bits per heavy atom. The lowest BCUT2D eigenvalue weighted by Crippen LogP contribution is -2.31. The molecule has 0 saturated heterocycles. The Labute approximate surface area is 103 Å². The van der Waals surface area contributed by atoms with E-state index in [4.69, 9.17) is 4.84 Å². The number of carbonyl (C=O) groups is 2. The first-order valence-electron chi connectivity index (χ1n) is 5.40. The maximum absolute atomic E-state index is 11.7. The van der Waals surface area contributed by atoms with Crippen LogP contribution in [0.1, 0.15) is 10.4 Å². The maximum Gasteiger partial charge on any atom is 0.274 e. The van der Waals surface area contributed by atoms with Gasteiger partial charge in [-0.15, -0.1) is 0 Å². The van der Waals surface area contributed by atoms with Crippen molar-refractivity contribution < 1.29 is 14.4 Å². The molecule has 0 aliphatic heterocycles. The van der Waals surface area contributed by atoms with Crippen molar-refractivity contribution in [2.75, 3.05) is 13.7 Å². The molecule has 0 aliphatic carbocycles. The number of carbonyl (C=O) groups excluding carboxylic acids is 2. The number of benzene rings is 1. The molecule has 2 amide bonds. The normalized spacial score (nSPS) is 10.3. The Hall–Kier alpha value is -2.34. The van der Waals surface area contributed by atoms with E-state index in [1.165, 1.54) is 7.05 Å². The fourth-order valence-corrected chi connectivity index (χ4v) is 1.49. The molecule has 0 radical (unpaired) electrons. The first-order chi connectivity index (χ1) is 8.70. The van der Waals surface area contributed by atoms with Gasteiger partial charge in [-0.25, -0.2) is 5.48 Å². The van der Waals surface area contributed by atoms with Gasteiger partial charge in [0.1, 0.15) is 0 Å². The molecule has 3 N–H and O–H groups in total. The summed E-state index contributed by atoms with van der Waals surface area (Å²) in [6.07, 6.45) is 1.80. The summed E-state index contributed by atoms with van der Waals surface area (Å²) in [6.45, 7) is -0.215. The van der Waals surface area contributed by atoms with E-state index in [1.807, 2.05) is 12.1 Å². The molecule has 1 aromatic heterocycles. The number of hydrogen-bond acceptors (Lipinski definition) is 3. The van der Waals surface area contributed by atoms with Gasteiger partial charge in [-0.1, -0.05) is 6.07 Å². The van der Waals surface area contributed by atoms with Crippen molar-refractivity contribution in [3.05, 3.63) is 36.0 Å². The third kappa shape index (κ3) is 2.67. The van der Waals surface area contributed by atoms with Crippen molar-refractivity contribution in [3.63, 3.8) is 0 Å². The number of fused-ring (bicyclic) bond motifs is 1. The number of amides is 2. The summed E-state index contributed by atoms with van der Waals surface area (Å²) in [5.74, 6) is -0.703. The van der Waals surface area contributed by atoms with Crippen LogP contribution in [0.25, 0.3) is 10.9 Å². The minimum absolute atomic E-state index is 0.215. The summed E-state index contributed by atoms with van der Waals surface area (Å²) in [6, 6.07) is 7.15.